The molecule has 0 radical (unpaired) electrons. The highest BCUT2D eigenvalue weighted by Gasteiger charge is 2.26. The van der Waals surface area contributed by atoms with Gasteiger partial charge in [-0.3, -0.25) is 14.6 Å². The van der Waals surface area contributed by atoms with Gasteiger partial charge in [0.1, 0.15) is 0 Å². The molecule has 1 aromatic carbocycles. The molecule has 0 aliphatic rings. The normalized spacial score (nSPS) is 11.5. The quantitative estimate of drug-likeness (QED) is 0.365. The summed E-state index contributed by atoms with van der Waals surface area (Å²) in [4.78, 5) is 32.9. The molecular weight excluding hydrogens is 451 g/mol. The third kappa shape index (κ3) is 6.66. The number of nitrogens with one attached hydrogen (secondary N) is 1. The lowest BCUT2D eigenvalue weighted by Crippen LogP contribution is -2.18. The van der Waals surface area contributed by atoms with Crippen LogP contribution in [0, 0.1) is 0 Å². The van der Waals surface area contributed by atoms with Gasteiger partial charge >= 0.3 is 12.1 Å². The van der Waals surface area contributed by atoms with Crippen LogP contribution < -0.4 is 5.32 Å². The SMILES string of the molecule is CCOC(=O)Cc1ncccc1C(=O)Nc1ccc2nc(SCCC(F)(F)F)sc2c1. The van der Waals surface area contributed by atoms with Crippen LogP contribution in [-0.2, 0) is 16.0 Å². The van der Waals surface area contributed by atoms with Crippen LogP contribution in [0.4, 0.5) is 18.9 Å². The molecule has 0 atom stereocenters. The average Bonchev–Trinajstić information content (AvgIpc) is 3.09. The maximum Gasteiger partial charge on any atom is 0.389 e. The van der Waals surface area contributed by atoms with Crippen LogP contribution >= 0.6 is 23.1 Å². The first kappa shape index (κ1) is 23.0. The second kappa shape index (κ2) is 10.1. The number of thiazole rings is 1. The number of esters is 1. The van der Waals surface area contributed by atoms with Gasteiger partial charge in [-0.2, -0.15) is 13.2 Å². The van der Waals surface area contributed by atoms with Crippen LogP contribution in [0.3, 0.4) is 0 Å². The van der Waals surface area contributed by atoms with Crippen molar-refractivity contribution >= 4 is 50.9 Å². The van der Waals surface area contributed by atoms with E-state index in [9.17, 15) is 22.8 Å². The molecule has 1 N–H and O–H groups in total. The molecule has 11 heteroatoms. The Balaban J connectivity index is 1.70. The lowest BCUT2D eigenvalue weighted by Gasteiger charge is -2.09. The molecule has 0 aliphatic carbocycles. The number of nitrogens with zero attached hydrogens (tertiary/aromatic N) is 2. The number of alkyl halides is 3. The number of anilines is 1. The summed E-state index contributed by atoms with van der Waals surface area (Å²) in [5.74, 6) is -1.01. The van der Waals surface area contributed by atoms with E-state index in [0.717, 1.165) is 16.5 Å². The molecule has 0 saturated heterocycles. The highest BCUT2D eigenvalue weighted by atomic mass is 32.2. The third-order valence-corrected chi connectivity index (χ3v) is 6.15. The number of amides is 1. The summed E-state index contributed by atoms with van der Waals surface area (Å²) in [7, 11) is 0. The second-order valence-corrected chi connectivity index (χ2v) is 8.68. The van der Waals surface area contributed by atoms with Gasteiger partial charge in [-0.1, -0.05) is 11.8 Å². The van der Waals surface area contributed by atoms with Crippen LogP contribution in [0.25, 0.3) is 10.2 Å². The number of halogens is 3. The molecule has 0 aliphatic heterocycles. The molecular formula is C20H18F3N3O3S2. The molecule has 0 spiro atoms. The van der Waals surface area contributed by atoms with Gasteiger partial charge < -0.3 is 10.1 Å². The number of benzene rings is 1. The fourth-order valence-corrected chi connectivity index (χ4v) is 4.79. The Morgan fingerprint density at radius 1 is 1.26 bits per heavy atom. The molecule has 3 rings (SSSR count). The van der Waals surface area contributed by atoms with E-state index in [1.807, 2.05) is 0 Å². The first-order chi connectivity index (χ1) is 14.7. The summed E-state index contributed by atoms with van der Waals surface area (Å²) < 4.78 is 43.1. The molecule has 0 saturated carbocycles. The summed E-state index contributed by atoms with van der Waals surface area (Å²) in [6, 6.07) is 8.22. The number of carbonyl (C=O) groups excluding carboxylic acids is 2. The third-order valence-electron chi connectivity index (χ3n) is 3.99. The zero-order valence-electron chi connectivity index (χ0n) is 16.4. The predicted octanol–water partition coefficient (Wildman–Crippen LogP) is 5.09. The first-order valence-corrected chi connectivity index (χ1v) is 11.1. The van der Waals surface area contributed by atoms with Gasteiger partial charge in [-0.25, -0.2) is 4.98 Å². The maximum atomic E-state index is 12.7. The number of rotatable bonds is 8. The zero-order valence-corrected chi connectivity index (χ0v) is 18.0. The van der Waals surface area contributed by atoms with Gasteiger partial charge in [-0.15, -0.1) is 11.3 Å². The minimum Gasteiger partial charge on any atom is -0.466 e. The van der Waals surface area contributed by atoms with Crippen LogP contribution in [0.2, 0.25) is 0 Å². The van der Waals surface area contributed by atoms with E-state index in [1.54, 1.807) is 37.3 Å². The Labute approximate surface area is 184 Å². The van der Waals surface area contributed by atoms with E-state index in [4.69, 9.17) is 4.74 Å². The van der Waals surface area contributed by atoms with Crippen LogP contribution in [0.1, 0.15) is 29.4 Å². The molecule has 2 aromatic heterocycles. The summed E-state index contributed by atoms with van der Waals surface area (Å²) in [6.07, 6.45) is -3.70. The largest absolute Gasteiger partial charge is 0.466 e. The van der Waals surface area contributed by atoms with Crippen molar-refractivity contribution < 1.29 is 27.5 Å². The number of thioether (sulfide) groups is 1. The van der Waals surface area contributed by atoms with E-state index < -0.39 is 24.5 Å². The number of ether oxygens (including phenoxy) is 1. The number of hydrogen-bond acceptors (Lipinski definition) is 7. The minimum atomic E-state index is -4.19. The van der Waals surface area contributed by atoms with E-state index in [0.29, 0.717) is 21.2 Å². The smallest absolute Gasteiger partial charge is 0.389 e. The van der Waals surface area contributed by atoms with Gasteiger partial charge in [0.05, 0.1) is 40.9 Å². The molecule has 2 heterocycles. The molecule has 6 nitrogen and oxygen atoms in total. The second-order valence-electron chi connectivity index (χ2n) is 6.31. The Kier molecular flexibility index (Phi) is 7.50. The molecule has 1 amide bonds. The van der Waals surface area contributed by atoms with E-state index in [-0.39, 0.29) is 24.3 Å². The van der Waals surface area contributed by atoms with Crippen LogP contribution in [0.5, 0.6) is 0 Å². The van der Waals surface area contributed by atoms with Crippen molar-refractivity contribution in [2.45, 2.75) is 30.3 Å². The van der Waals surface area contributed by atoms with Crippen molar-refractivity contribution in [1.82, 2.24) is 9.97 Å². The van der Waals surface area contributed by atoms with Crippen molar-refractivity contribution in [3.05, 3.63) is 47.8 Å². The van der Waals surface area contributed by atoms with Gasteiger partial charge in [0, 0.05) is 17.6 Å². The fourth-order valence-electron chi connectivity index (χ4n) is 2.63. The number of aromatic nitrogens is 2. The number of pyridine rings is 1. The van der Waals surface area contributed by atoms with E-state index in [2.05, 4.69) is 15.3 Å². The van der Waals surface area contributed by atoms with Gasteiger partial charge in [0.15, 0.2) is 4.34 Å². The highest BCUT2D eigenvalue weighted by molar-refractivity contribution is 8.01. The Morgan fingerprint density at radius 2 is 2.06 bits per heavy atom. The van der Waals surface area contributed by atoms with Gasteiger partial charge in [-0.05, 0) is 37.3 Å². The lowest BCUT2D eigenvalue weighted by atomic mass is 10.1. The number of fused-ring (bicyclic) bond motifs is 1. The van der Waals surface area contributed by atoms with Crippen LogP contribution in [-0.4, -0.2) is 40.4 Å². The summed E-state index contributed by atoms with van der Waals surface area (Å²) in [6.45, 7) is 1.93. The molecule has 0 unspecified atom stereocenters. The summed E-state index contributed by atoms with van der Waals surface area (Å²) >= 11 is 2.31. The van der Waals surface area contributed by atoms with E-state index >= 15 is 0 Å². The molecule has 164 valence electrons. The Bertz CT molecular complexity index is 1090. The minimum absolute atomic E-state index is 0.100. The van der Waals surface area contributed by atoms with Crippen molar-refractivity contribution in [3.8, 4) is 0 Å². The van der Waals surface area contributed by atoms with Crippen LogP contribution in [0.15, 0.2) is 40.9 Å². The maximum absolute atomic E-state index is 12.7. The monoisotopic (exact) mass is 469 g/mol. The van der Waals surface area contributed by atoms with Crippen molar-refractivity contribution in [3.63, 3.8) is 0 Å². The number of carbonyl (C=O) groups is 2. The standard InChI is InChI=1S/C20H18F3N3O3S2/c1-2-29-17(27)11-15-13(4-3-8-24-15)18(28)25-12-5-6-14-16(10-12)31-19(26-14)30-9-7-20(21,22)23/h3-6,8,10H,2,7,9,11H2,1H3,(H,25,28). The first-order valence-electron chi connectivity index (χ1n) is 9.26. The molecule has 31 heavy (non-hydrogen) atoms. The van der Waals surface area contributed by atoms with Crippen molar-refractivity contribution in [2.24, 2.45) is 0 Å². The van der Waals surface area contributed by atoms with Gasteiger partial charge in [0.2, 0.25) is 0 Å². The highest BCUT2D eigenvalue weighted by Crippen LogP contribution is 2.33. The van der Waals surface area contributed by atoms with Crippen molar-refractivity contribution in [2.75, 3.05) is 17.7 Å². The predicted molar refractivity (Wildman–Crippen MR) is 114 cm³/mol. The average molecular weight is 470 g/mol. The summed E-state index contributed by atoms with van der Waals surface area (Å²) in [5, 5.41) is 2.76. The Hall–Kier alpha value is -2.66. The van der Waals surface area contributed by atoms with E-state index in [1.165, 1.54) is 17.5 Å². The molecule has 3 aromatic rings. The Morgan fingerprint density at radius 3 is 2.81 bits per heavy atom. The van der Waals surface area contributed by atoms with Gasteiger partial charge in [0.25, 0.3) is 5.91 Å². The zero-order chi connectivity index (χ0) is 22.4. The molecule has 0 fully saturated rings. The fraction of sp³-hybridized carbons (Fsp3) is 0.300. The topological polar surface area (TPSA) is 81.2 Å². The lowest BCUT2D eigenvalue weighted by molar-refractivity contribution is -0.142. The summed E-state index contributed by atoms with van der Waals surface area (Å²) in [5.41, 5.74) is 1.70. The molecule has 0 bridgehead atoms. The number of hydrogen-bond donors (Lipinski definition) is 1. The van der Waals surface area contributed by atoms with Crippen molar-refractivity contribution in [1.29, 1.82) is 0 Å².